The predicted molar refractivity (Wildman–Crippen MR) is 74.2 cm³/mol. The Balaban J connectivity index is 2.18. The average Bonchev–Trinajstić information content (AvgIpc) is 2.42. The van der Waals surface area contributed by atoms with E-state index in [1.54, 1.807) is 5.57 Å². The lowest BCUT2D eigenvalue weighted by Crippen LogP contribution is -2.19. The molecule has 1 aromatic carbocycles. The van der Waals surface area contributed by atoms with Crippen LogP contribution in [0.15, 0.2) is 35.9 Å². The summed E-state index contributed by atoms with van der Waals surface area (Å²) in [6, 6.07) is 9.47. The zero-order valence-corrected chi connectivity index (χ0v) is 11.0. The number of benzene rings is 1. The highest BCUT2D eigenvalue weighted by atomic mass is 14.9. The Morgan fingerprint density at radius 1 is 1.18 bits per heavy atom. The first-order chi connectivity index (χ1) is 8.35. The van der Waals surface area contributed by atoms with Gasteiger partial charge in [-0.25, -0.2) is 0 Å². The van der Waals surface area contributed by atoms with E-state index in [0.717, 1.165) is 6.42 Å². The van der Waals surface area contributed by atoms with Gasteiger partial charge in [0.1, 0.15) is 0 Å². The van der Waals surface area contributed by atoms with Crippen LogP contribution < -0.4 is 5.32 Å². The third-order valence-electron chi connectivity index (χ3n) is 3.71. The van der Waals surface area contributed by atoms with Crippen LogP contribution in [-0.4, -0.2) is 7.05 Å². The lowest BCUT2D eigenvalue weighted by atomic mass is 9.89. The SMILES string of the molecule is CCc1ccc(C(NC)C2=CCCCC2)cc1. The van der Waals surface area contributed by atoms with Crippen molar-refractivity contribution in [3.05, 3.63) is 47.0 Å². The summed E-state index contributed by atoms with van der Waals surface area (Å²) in [5, 5.41) is 3.46. The number of rotatable bonds is 4. The van der Waals surface area contributed by atoms with Crippen LogP contribution in [0.25, 0.3) is 0 Å². The molecule has 0 radical (unpaired) electrons. The number of aryl methyl sites for hydroxylation is 1. The van der Waals surface area contributed by atoms with Crippen LogP contribution in [0.2, 0.25) is 0 Å². The van der Waals surface area contributed by atoms with E-state index < -0.39 is 0 Å². The van der Waals surface area contributed by atoms with Crippen LogP contribution in [0.3, 0.4) is 0 Å². The summed E-state index contributed by atoms with van der Waals surface area (Å²) in [7, 11) is 2.06. The molecule has 2 rings (SSSR count). The fourth-order valence-corrected chi connectivity index (χ4v) is 2.64. The van der Waals surface area contributed by atoms with Gasteiger partial charge in [0.2, 0.25) is 0 Å². The molecule has 0 aromatic heterocycles. The summed E-state index contributed by atoms with van der Waals surface area (Å²) in [5.41, 5.74) is 4.39. The molecule has 0 amide bonds. The number of likely N-dealkylation sites (N-methyl/N-ethyl adjacent to an activating group) is 1. The first kappa shape index (κ1) is 12.4. The lowest BCUT2D eigenvalue weighted by Gasteiger charge is -2.23. The molecule has 92 valence electrons. The van der Waals surface area contributed by atoms with Crippen molar-refractivity contribution in [3.8, 4) is 0 Å². The number of allylic oxidation sites excluding steroid dienone is 1. The van der Waals surface area contributed by atoms with Crippen molar-refractivity contribution >= 4 is 0 Å². The van der Waals surface area contributed by atoms with Crippen molar-refractivity contribution in [3.63, 3.8) is 0 Å². The van der Waals surface area contributed by atoms with Crippen molar-refractivity contribution in [1.82, 2.24) is 5.32 Å². The molecular weight excluding hydrogens is 206 g/mol. The summed E-state index contributed by atoms with van der Waals surface area (Å²) in [6.07, 6.45) is 8.75. The minimum Gasteiger partial charge on any atom is -0.310 e. The van der Waals surface area contributed by atoms with Crippen molar-refractivity contribution in [2.75, 3.05) is 7.05 Å². The van der Waals surface area contributed by atoms with Gasteiger partial charge in [-0.15, -0.1) is 0 Å². The van der Waals surface area contributed by atoms with Crippen molar-refractivity contribution in [1.29, 1.82) is 0 Å². The zero-order valence-electron chi connectivity index (χ0n) is 11.0. The van der Waals surface area contributed by atoms with Crippen molar-refractivity contribution < 1.29 is 0 Å². The predicted octanol–water partition coefficient (Wildman–Crippen LogP) is 4.01. The van der Waals surface area contributed by atoms with Gasteiger partial charge in [0.15, 0.2) is 0 Å². The zero-order chi connectivity index (χ0) is 12.1. The molecule has 1 aliphatic rings. The summed E-state index contributed by atoms with van der Waals surface area (Å²) in [6.45, 7) is 2.20. The smallest absolute Gasteiger partial charge is 0.0533 e. The van der Waals surface area contributed by atoms with Crippen LogP contribution in [0.4, 0.5) is 0 Å². The molecule has 0 saturated heterocycles. The molecule has 1 heteroatoms. The van der Waals surface area contributed by atoms with Gasteiger partial charge in [0, 0.05) is 0 Å². The first-order valence-electron chi connectivity index (χ1n) is 6.80. The van der Waals surface area contributed by atoms with Crippen LogP contribution in [0.5, 0.6) is 0 Å². The van der Waals surface area contributed by atoms with E-state index in [1.807, 2.05) is 0 Å². The summed E-state index contributed by atoms with van der Waals surface area (Å²) in [4.78, 5) is 0. The van der Waals surface area contributed by atoms with E-state index in [1.165, 1.54) is 36.8 Å². The van der Waals surface area contributed by atoms with Gasteiger partial charge in [-0.2, -0.15) is 0 Å². The van der Waals surface area contributed by atoms with Crippen LogP contribution in [0.1, 0.15) is 49.8 Å². The maximum absolute atomic E-state index is 3.46. The fourth-order valence-electron chi connectivity index (χ4n) is 2.64. The first-order valence-corrected chi connectivity index (χ1v) is 6.80. The van der Waals surface area contributed by atoms with Gasteiger partial charge in [0.25, 0.3) is 0 Å². The fraction of sp³-hybridized carbons (Fsp3) is 0.500. The molecule has 0 bridgehead atoms. The molecule has 0 fully saturated rings. The van der Waals surface area contributed by atoms with Gasteiger partial charge < -0.3 is 5.32 Å². The van der Waals surface area contributed by atoms with Crippen molar-refractivity contribution in [2.45, 2.75) is 45.1 Å². The maximum atomic E-state index is 3.46. The quantitative estimate of drug-likeness (QED) is 0.769. The molecular formula is C16H23N. The molecule has 0 saturated carbocycles. The summed E-state index contributed by atoms with van der Waals surface area (Å²) < 4.78 is 0. The Bertz CT molecular complexity index is 375. The highest BCUT2D eigenvalue weighted by Gasteiger charge is 2.16. The highest BCUT2D eigenvalue weighted by molar-refractivity contribution is 5.31. The van der Waals surface area contributed by atoms with E-state index in [9.17, 15) is 0 Å². The number of hydrogen-bond donors (Lipinski definition) is 1. The van der Waals surface area contributed by atoms with Gasteiger partial charge >= 0.3 is 0 Å². The second-order valence-corrected chi connectivity index (χ2v) is 4.84. The second kappa shape index (κ2) is 6.02. The van der Waals surface area contributed by atoms with E-state index in [0.29, 0.717) is 6.04 Å². The molecule has 1 aromatic rings. The molecule has 1 N–H and O–H groups in total. The molecule has 1 aliphatic carbocycles. The average molecular weight is 229 g/mol. The minimum atomic E-state index is 0.418. The largest absolute Gasteiger partial charge is 0.310 e. The van der Waals surface area contributed by atoms with E-state index in [4.69, 9.17) is 0 Å². The Labute approximate surface area is 105 Å². The topological polar surface area (TPSA) is 12.0 Å². The van der Waals surface area contributed by atoms with E-state index in [2.05, 4.69) is 49.6 Å². The number of hydrogen-bond acceptors (Lipinski definition) is 1. The Morgan fingerprint density at radius 2 is 1.94 bits per heavy atom. The Hall–Kier alpha value is -1.08. The van der Waals surface area contributed by atoms with Gasteiger partial charge in [-0.3, -0.25) is 0 Å². The van der Waals surface area contributed by atoms with E-state index in [-0.39, 0.29) is 0 Å². The van der Waals surface area contributed by atoms with Gasteiger partial charge in [-0.05, 0) is 50.3 Å². The van der Waals surface area contributed by atoms with Crippen LogP contribution in [0, 0.1) is 0 Å². The molecule has 17 heavy (non-hydrogen) atoms. The van der Waals surface area contributed by atoms with Gasteiger partial charge in [-0.1, -0.05) is 42.8 Å². The highest BCUT2D eigenvalue weighted by Crippen LogP contribution is 2.29. The van der Waals surface area contributed by atoms with Crippen LogP contribution in [-0.2, 0) is 6.42 Å². The molecule has 1 atom stereocenters. The molecule has 1 unspecified atom stereocenters. The van der Waals surface area contributed by atoms with Gasteiger partial charge in [0.05, 0.1) is 6.04 Å². The standard InChI is InChI=1S/C16H23N/c1-3-13-9-11-15(12-10-13)16(17-2)14-7-5-4-6-8-14/h7,9-12,16-17H,3-6,8H2,1-2H3. The summed E-state index contributed by atoms with van der Waals surface area (Å²) in [5.74, 6) is 0. The third-order valence-corrected chi connectivity index (χ3v) is 3.71. The molecule has 1 nitrogen and oxygen atoms in total. The van der Waals surface area contributed by atoms with E-state index >= 15 is 0 Å². The van der Waals surface area contributed by atoms with Crippen molar-refractivity contribution in [2.24, 2.45) is 0 Å². The minimum absolute atomic E-state index is 0.418. The summed E-state index contributed by atoms with van der Waals surface area (Å²) >= 11 is 0. The Morgan fingerprint density at radius 3 is 2.47 bits per heavy atom. The molecule has 0 aliphatic heterocycles. The Kier molecular flexibility index (Phi) is 4.38. The molecule has 0 spiro atoms. The maximum Gasteiger partial charge on any atom is 0.0533 e. The normalized spacial score (nSPS) is 17.6. The molecule has 0 heterocycles. The third kappa shape index (κ3) is 2.98. The monoisotopic (exact) mass is 229 g/mol. The lowest BCUT2D eigenvalue weighted by molar-refractivity contribution is 0.593. The van der Waals surface area contributed by atoms with Crippen LogP contribution >= 0.6 is 0 Å². The number of nitrogens with one attached hydrogen (secondary N) is 1. The second-order valence-electron chi connectivity index (χ2n) is 4.84.